The molecule has 136 valence electrons. The molecule has 8 heteroatoms. The molecule has 4 rings (SSSR count). The number of rotatable bonds is 7. The van der Waals surface area contributed by atoms with Crippen LogP contribution in [-0.4, -0.2) is 21.3 Å². The zero-order valence-corrected chi connectivity index (χ0v) is 15.0. The minimum absolute atomic E-state index is 0.0547. The van der Waals surface area contributed by atoms with Crippen LogP contribution in [0.25, 0.3) is 22.7 Å². The minimum atomic E-state index is -0.366. The molecule has 27 heavy (non-hydrogen) atoms. The second-order valence-corrected chi connectivity index (χ2v) is 6.51. The minimum Gasteiger partial charge on any atom is -0.459 e. The number of thiophene rings is 1. The largest absolute Gasteiger partial charge is 0.459 e. The van der Waals surface area contributed by atoms with E-state index in [0.717, 1.165) is 11.1 Å². The summed E-state index contributed by atoms with van der Waals surface area (Å²) >= 11 is 1.56. The van der Waals surface area contributed by atoms with Crippen molar-refractivity contribution >= 4 is 17.3 Å². The fraction of sp³-hybridized carbons (Fsp3) is 0.158. The fourth-order valence-corrected chi connectivity index (χ4v) is 3.05. The predicted octanol–water partition coefficient (Wildman–Crippen LogP) is 4.13. The van der Waals surface area contributed by atoms with Crippen LogP contribution in [-0.2, 0) is 22.6 Å². The van der Waals surface area contributed by atoms with Crippen molar-refractivity contribution in [3.8, 4) is 22.7 Å². The average Bonchev–Trinajstić information content (AvgIpc) is 3.47. The van der Waals surface area contributed by atoms with Gasteiger partial charge in [0.2, 0.25) is 11.7 Å². The van der Waals surface area contributed by atoms with Crippen molar-refractivity contribution in [2.24, 2.45) is 0 Å². The summed E-state index contributed by atoms with van der Waals surface area (Å²) < 4.78 is 15.7. The van der Waals surface area contributed by atoms with Gasteiger partial charge < -0.3 is 13.8 Å². The molecule has 0 atom stereocenters. The molecule has 0 aliphatic carbocycles. The van der Waals surface area contributed by atoms with Crippen molar-refractivity contribution in [2.75, 3.05) is 0 Å². The third-order valence-corrected chi connectivity index (χ3v) is 4.47. The smallest absolute Gasteiger partial charge is 0.306 e. The molecule has 4 aromatic rings. The van der Waals surface area contributed by atoms with Crippen molar-refractivity contribution < 1.29 is 18.6 Å². The van der Waals surface area contributed by atoms with Gasteiger partial charge in [0.15, 0.2) is 5.76 Å². The van der Waals surface area contributed by atoms with E-state index in [9.17, 15) is 4.79 Å². The third-order valence-electron chi connectivity index (χ3n) is 3.79. The number of carbonyl (C=O) groups is 1. The Labute approximate surface area is 158 Å². The van der Waals surface area contributed by atoms with Crippen LogP contribution in [0.3, 0.4) is 0 Å². The molecule has 0 fully saturated rings. The summed E-state index contributed by atoms with van der Waals surface area (Å²) in [6.45, 7) is 0.0547. The van der Waals surface area contributed by atoms with Crippen LogP contribution in [0.15, 0.2) is 62.3 Å². The second kappa shape index (κ2) is 7.96. The van der Waals surface area contributed by atoms with Gasteiger partial charge in [0.05, 0.1) is 6.42 Å². The SMILES string of the molecule is O=C(CCc1nc(-c2ccsc2)no1)OCc1cc(-c2ccccc2)on1. The molecule has 7 nitrogen and oxygen atoms in total. The average molecular weight is 381 g/mol. The lowest BCUT2D eigenvalue weighted by atomic mass is 10.2. The van der Waals surface area contributed by atoms with Crippen LogP contribution < -0.4 is 0 Å². The molecule has 0 saturated carbocycles. The highest BCUT2D eigenvalue weighted by Crippen LogP contribution is 2.21. The second-order valence-electron chi connectivity index (χ2n) is 5.73. The van der Waals surface area contributed by atoms with Crippen molar-refractivity contribution in [1.82, 2.24) is 15.3 Å². The van der Waals surface area contributed by atoms with E-state index < -0.39 is 0 Å². The molecule has 0 spiro atoms. The van der Waals surface area contributed by atoms with Gasteiger partial charge in [0.25, 0.3) is 0 Å². The number of hydrogen-bond acceptors (Lipinski definition) is 8. The number of esters is 1. The van der Waals surface area contributed by atoms with E-state index in [4.69, 9.17) is 13.8 Å². The first kappa shape index (κ1) is 17.2. The molecule has 0 aliphatic rings. The number of nitrogens with zero attached hydrogens (tertiary/aromatic N) is 3. The number of carbonyl (C=O) groups excluding carboxylic acids is 1. The highest BCUT2D eigenvalue weighted by atomic mass is 32.1. The van der Waals surface area contributed by atoms with Crippen LogP contribution >= 0.6 is 11.3 Å². The van der Waals surface area contributed by atoms with E-state index in [2.05, 4.69) is 15.3 Å². The maximum atomic E-state index is 11.9. The van der Waals surface area contributed by atoms with E-state index in [1.54, 1.807) is 17.4 Å². The maximum absolute atomic E-state index is 11.9. The molecule has 0 unspecified atom stereocenters. The van der Waals surface area contributed by atoms with Crippen LogP contribution in [0.4, 0.5) is 0 Å². The third kappa shape index (κ3) is 4.29. The van der Waals surface area contributed by atoms with Crippen molar-refractivity contribution in [3.05, 3.63) is 64.8 Å². The van der Waals surface area contributed by atoms with Gasteiger partial charge in [-0.3, -0.25) is 4.79 Å². The highest BCUT2D eigenvalue weighted by Gasteiger charge is 2.13. The van der Waals surface area contributed by atoms with Crippen LogP contribution in [0.1, 0.15) is 18.0 Å². The van der Waals surface area contributed by atoms with Gasteiger partial charge in [-0.05, 0) is 11.4 Å². The molecule has 0 radical (unpaired) electrons. The van der Waals surface area contributed by atoms with Crippen LogP contribution in [0, 0.1) is 0 Å². The predicted molar refractivity (Wildman–Crippen MR) is 97.7 cm³/mol. The monoisotopic (exact) mass is 381 g/mol. The topological polar surface area (TPSA) is 91.2 Å². The van der Waals surface area contributed by atoms with Crippen LogP contribution in [0.2, 0.25) is 0 Å². The number of aromatic nitrogens is 3. The fourth-order valence-electron chi connectivity index (χ4n) is 2.42. The lowest BCUT2D eigenvalue weighted by Crippen LogP contribution is -2.06. The Morgan fingerprint density at radius 2 is 1.96 bits per heavy atom. The van der Waals surface area contributed by atoms with E-state index in [1.165, 1.54) is 0 Å². The summed E-state index contributed by atoms with van der Waals surface area (Å²) in [7, 11) is 0. The summed E-state index contributed by atoms with van der Waals surface area (Å²) in [4.78, 5) is 16.2. The molecule has 0 amide bonds. The first-order valence-corrected chi connectivity index (χ1v) is 9.24. The summed E-state index contributed by atoms with van der Waals surface area (Å²) in [5.41, 5.74) is 2.37. The van der Waals surface area contributed by atoms with E-state index >= 15 is 0 Å². The number of hydrogen-bond donors (Lipinski definition) is 0. The molecule has 1 aromatic carbocycles. The maximum Gasteiger partial charge on any atom is 0.306 e. The Bertz CT molecular complexity index is 1010. The van der Waals surface area contributed by atoms with Crippen molar-refractivity contribution in [3.63, 3.8) is 0 Å². The summed E-state index contributed by atoms with van der Waals surface area (Å²) in [5, 5.41) is 11.7. The quantitative estimate of drug-likeness (QED) is 0.445. The van der Waals surface area contributed by atoms with Gasteiger partial charge in [-0.1, -0.05) is 40.6 Å². The Morgan fingerprint density at radius 1 is 1.07 bits per heavy atom. The van der Waals surface area contributed by atoms with Gasteiger partial charge in [0, 0.05) is 29.0 Å². The van der Waals surface area contributed by atoms with Crippen molar-refractivity contribution in [2.45, 2.75) is 19.4 Å². The Hall–Kier alpha value is -3.26. The molecule has 0 N–H and O–H groups in total. The summed E-state index contributed by atoms with van der Waals surface area (Å²) in [6, 6.07) is 13.3. The molecule has 3 heterocycles. The number of ether oxygens (including phenoxy) is 1. The zero-order valence-electron chi connectivity index (χ0n) is 14.2. The molecule has 0 saturated heterocycles. The van der Waals surface area contributed by atoms with E-state index in [-0.39, 0.29) is 19.0 Å². The Balaban J connectivity index is 1.26. The molecule has 0 aliphatic heterocycles. The van der Waals surface area contributed by atoms with E-state index in [1.807, 2.05) is 47.2 Å². The lowest BCUT2D eigenvalue weighted by Gasteiger charge is -2.00. The molecular formula is C19H15N3O4S. The Kier molecular flexibility index (Phi) is 5.06. The number of aryl methyl sites for hydroxylation is 1. The molecule has 3 aromatic heterocycles. The van der Waals surface area contributed by atoms with Gasteiger partial charge in [-0.15, -0.1) is 0 Å². The molecule has 0 bridgehead atoms. The van der Waals surface area contributed by atoms with Gasteiger partial charge in [-0.2, -0.15) is 16.3 Å². The van der Waals surface area contributed by atoms with Crippen molar-refractivity contribution in [1.29, 1.82) is 0 Å². The highest BCUT2D eigenvalue weighted by molar-refractivity contribution is 7.08. The number of benzene rings is 1. The first-order chi connectivity index (χ1) is 13.3. The lowest BCUT2D eigenvalue weighted by molar-refractivity contribution is -0.145. The van der Waals surface area contributed by atoms with Gasteiger partial charge in [-0.25, -0.2) is 0 Å². The normalized spacial score (nSPS) is 10.8. The molecular weight excluding hydrogens is 366 g/mol. The first-order valence-electron chi connectivity index (χ1n) is 8.30. The Morgan fingerprint density at radius 3 is 2.78 bits per heavy atom. The van der Waals surface area contributed by atoms with E-state index in [0.29, 0.717) is 29.6 Å². The zero-order chi connectivity index (χ0) is 18.5. The van der Waals surface area contributed by atoms with Gasteiger partial charge in [0.1, 0.15) is 12.3 Å². The summed E-state index contributed by atoms with van der Waals surface area (Å²) in [6.07, 6.45) is 0.471. The van der Waals surface area contributed by atoms with Gasteiger partial charge >= 0.3 is 5.97 Å². The standard InChI is InChI=1S/C19H15N3O4S/c23-18(7-6-17-20-19(22-26-17)14-8-9-27-12-14)24-11-15-10-16(25-21-15)13-4-2-1-3-5-13/h1-5,8-10,12H,6-7,11H2. The van der Waals surface area contributed by atoms with Crippen LogP contribution in [0.5, 0.6) is 0 Å². The summed E-state index contributed by atoms with van der Waals surface area (Å²) in [5.74, 6) is 1.19.